The summed E-state index contributed by atoms with van der Waals surface area (Å²) in [6.07, 6.45) is 7.10. The SMILES string of the molecule is CC(C)NCc1noc(C2C3CC4CC(C3)CC2C4)n1. The van der Waals surface area contributed by atoms with Crippen LogP contribution in [0.3, 0.4) is 0 Å². The zero-order valence-electron chi connectivity index (χ0n) is 12.5. The van der Waals surface area contributed by atoms with Crippen LogP contribution < -0.4 is 5.32 Å². The zero-order valence-corrected chi connectivity index (χ0v) is 12.5. The molecule has 0 spiro atoms. The van der Waals surface area contributed by atoms with E-state index in [4.69, 9.17) is 4.52 Å². The molecule has 0 atom stereocenters. The van der Waals surface area contributed by atoms with Crippen LogP contribution in [0.4, 0.5) is 0 Å². The molecule has 4 heteroatoms. The summed E-state index contributed by atoms with van der Waals surface area (Å²) in [6.45, 7) is 4.99. The molecule has 0 aliphatic heterocycles. The fourth-order valence-electron chi connectivity index (χ4n) is 5.10. The molecule has 4 saturated carbocycles. The molecule has 110 valence electrons. The van der Waals surface area contributed by atoms with Gasteiger partial charge in [-0.25, -0.2) is 0 Å². The van der Waals surface area contributed by atoms with E-state index in [1.54, 1.807) is 0 Å². The summed E-state index contributed by atoms with van der Waals surface area (Å²) in [5, 5.41) is 7.53. The Bertz CT molecular complexity index is 454. The maximum absolute atomic E-state index is 5.62. The smallest absolute Gasteiger partial charge is 0.230 e. The van der Waals surface area contributed by atoms with Crippen molar-refractivity contribution in [3.05, 3.63) is 11.7 Å². The molecule has 4 fully saturated rings. The van der Waals surface area contributed by atoms with Gasteiger partial charge in [0.05, 0.1) is 6.54 Å². The maximum atomic E-state index is 5.62. The average Bonchev–Trinajstić information content (AvgIpc) is 2.83. The van der Waals surface area contributed by atoms with Crippen molar-refractivity contribution in [1.29, 1.82) is 0 Å². The lowest BCUT2D eigenvalue weighted by molar-refractivity contribution is -0.0131. The minimum absolute atomic E-state index is 0.457. The summed E-state index contributed by atoms with van der Waals surface area (Å²) in [7, 11) is 0. The molecule has 1 heterocycles. The van der Waals surface area contributed by atoms with Crippen LogP contribution in [0.25, 0.3) is 0 Å². The lowest BCUT2D eigenvalue weighted by Gasteiger charge is -2.53. The van der Waals surface area contributed by atoms with Crippen LogP contribution in [0.1, 0.15) is 63.6 Å². The van der Waals surface area contributed by atoms with E-state index in [0.717, 1.165) is 35.4 Å². The van der Waals surface area contributed by atoms with Gasteiger partial charge in [0.15, 0.2) is 5.82 Å². The van der Waals surface area contributed by atoms with E-state index in [-0.39, 0.29) is 0 Å². The van der Waals surface area contributed by atoms with Gasteiger partial charge < -0.3 is 9.84 Å². The summed E-state index contributed by atoms with van der Waals surface area (Å²) < 4.78 is 5.62. The third kappa shape index (κ3) is 2.18. The molecule has 4 nitrogen and oxygen atoms in total. The first-order valence-electron chi connectivity index (χ1n) is 8.25. The first kappa shape index (κ1) is 12.8. The third-order valence-electron chi connectivity index (χ3n) is 5.66. The molecule has 0 amide bonds. The first-order chi connectivity index (χ1) is 9.69. The fourth-order valence-corrected chi connectivity index (χ4v) is 5.10. The second-order valence-corrected chi connectivity index (χ2v) is 7.54. The molecule has 0 radical (unpaired) electrons. The van der Waals surface area contributed by atoms with Gasteiger partial charge in [0.1, 0.15) is 0 Å². The lowest BCUT2D eigenvalue weighted by atomic mass is 9.52. The summed E-state index contributed by atoms with van der Waals surface area (Å²) in [6, 6.07) is 0.457. The van der Waals surface area contributed by atoms with E-state index in [1.165, 1.54) is 32.1 Å². The molecule has 1 aromatic heterocycles. The van der Waals surface area contributed by atoms with Crippen molar-refractivity contribution in [2.45, 2.75) is 64.5 Å². The fraction of sp³-hybridized carbons (Fsp3) is 0.875. The van der Waals surface area contributed by atoms with Crippen LogP contribution in [0.15, 0.2) is 4.52 Å². The summed E-state index contributed by atoms with van der Waals surface area (Å²) in [4.78, 5) is 4.69. The number of nitrogens with one attached hydrogen (secondary N) is 1. The van der Waals surface area contributed by atoms with Crippen molar-refractivity contribution in [3.63, 3.8) is 0 Å². The highest BCUT2D eigenvalue weighted by atomic mass is 16.5. The van der Waals surface area contributed by atoms with E-state index < -0.39 is 0 Å². The van der Waals surface area contributed by atoms with Crippen LogP contribution in [-0.2, 0) is 6.54 Å². The van der Waals surface area contributed by atoms with Crippen molar-refractivity contribution in [2.24, 2.45) is 23.7 Å². The second kappa shape index (κ2) is 4.83. The molecule has 0 aromatic carbocycles. The Balaban J connectivity index is 1.50. The van der Waals surface area contributed by atoms with Gasteiger partial charge in [-0.3, -0.25) is 0 Å². The van der Waals surface area contributed by atoms with E-state index in [9.17, 15) is 0 Å². The quantitative estimate of drug-likeness (QED) is 0.917. The molecular weight excluding hydrogens is 250 g/mol. The third-order valence-corrected chi connectivity index (χ3v) is 5.66. The minimum Gasteiger partial charge on any atom is -0.339 e. The Morgan fingerprint density at radius 2 is 1.75 bits per heavy atom. The minimum atomic E-state index is 0.457. The Kier molecular flexibility index (Phi) is 3.09. The summed E-state index contributed by atoms with van der Waals surface area (Å²) >= 11 is 0. The number of hydrogen-bond donors (Lipinski definition) is 1. The monoisotopic (exact) mass is 275 g/mol. The standard InChI is InChI=1S/C16H25N3O/c1-9(2)17-8-14-18-16(20-19-14)15-12-4-10-3-11(6-12)7-13(15)5-10/h9-13,15,17H,3-8H2,1-2H3. The van der Waals surface area contributed by atoms with Crippen LogP contribution in [0, 0.1) is 23.7 Å². The van der Waals surface area contributed by atoms with Crippen LogP contribution in [-0.4, -0.2) is 16.2 Å². The highest BCUT2D eigenvalue weighted by Gasteiger charge is 2.50. The summed E-state index contributed by atoms with van der Waals surface area (Å²) in [5.41, 5.74) is 0. The van der Waals surface area contributed by atoms with Crippen LogP contribution >= 0.6 is 0 Å². The van der Waals surface area contributed by atoms with Gasteiger partial charge in [0.25, 0.3) is 0 Å². The molecule has 0 unspecified atom stereocenters. The van der Waals surface area contributed by atoms with Gasteiger partial charge in [-0.1, -0.05) is 19.0 Å². The van der Waals surface area contributed by atoms with Gasteiger partial charge in [-0.05, 0) is 55.8 Å². The summed E-state index contributed by atoms with van der Waals surface area (Å²) in [5.74, 6) is 5.94. The maximum Gasteiger partial charge on any atom is 0.230 e. The van der Waals surface area contributed by atoms with Crippen molar-refractivity contribution < 1.29 is 4.52 Å². The Labute approximate surface area is 120 Å². The van der Waals surface area contributed by atoms with Crippen molar-refractivity contribution in [1.82, 2.24) is 15.5 Å². The predicted molar refractivity (Wildman–Crippen MR) is 76.1 cm³/mol. The van der Waals surface area contributed by atoms with E-state index in [1.807, 2.05) is 0 Å². The first-order valence-corrected chi connectivity index (χ1v) is 8.25. The Hall–Kier alpha value is -0.900. The number of rotatable bonds is 4. The zero-order chi connectivity index (χ0) is 13.7. The van der Waals surface area contributed by atoms with Gasteiger partial charge in [0.2, 0.25) is 5.89 Å². The largest absolute Gasteiger partial charge is 0.339 e. The molecule has 1 aromatic rings. The topological polar surface area (TPSA) is 51.0 Å². The average molecular weight is 275 g/mol. The van der Waals surface area contributed by atoms with Gasteiger partial charge >= 0.3 is 0 Å². The van der Waals surface area contributed by atoms with E-state index in [0.29, 0.717) is 18.5 Å². The molecule has 4 bridgehead atoms. The van der Waals surface area contributed by atoms with E-state index >= 15 is 0 Å². The highest BCUT2D eigenvalue weighted by Crippen LogP contribution is 2.59. The molecule has 4 aliphatic rings. The molecule has 1 N–H and O–H groups in total. The molecule has 0 saturated heterocycles. The number of hydrogen-bond acceptors (Lipinski definition) is 4. The van der Waals surface area contributed by atoms with Gasteiger partial charge in [-0.2, -0.15) is 4.98 Å². The molecule has 5 rings (SSSR count). The number of nitrogens with zero attached hydrogens (tertiary/aromatic N) is 2. The van der Waals surface area contributed by atoms with E-state index in [2.05, 4.69) is 29.3 Å². The van der Waals surface area contributed by atoms with Crippen molar-refractivity contribution in [2.75, 3.05) is 0 Å². The second-order valence-electron chi connectivity index (χ2n) is 7.54. The van der Waals surface area contributed by atoms with Crippen LogP contribution in [0.5, 0.6) is 0 Å². The van der Waals surface area contributed by atoms with Crippen molar-refractivity contribution in [3.8, 4) is 0 Å². The van der Waals surface area contributed by atoms with Gasteiger partial charge in [0, 0.05) is 12.0 Å². The highest BCUT2D eigenvalue weighted by molar-refractivity contribution is 5.09. The lowest BCUT2D eigenvalue weighted by Crippen LogP contribution is -2.43. The number of aromatic nitrogens is 2. The van der Waals surface area contributed by atoms with Crippen molar-refractivity contribution >= 4 is 0 Å². The molecule has 4 aliphatic carbocycles. The van der Waals surface area contributed by atoms with Gasteiger partial charge in [-0.15, -0.1) is 0 Å². The Morgan fingerprint density at radius 3 is 2.35 bits per heavy atom. The molecule has 20 heavy (non-hydrogen) atoms. The molecular formula is C16H25N3O. The predicted octanol–water partition coefficient (Wildman–Crippen LogP) is 3.11. The normalized spacial score (nSPS) is 38.9. The van der Waals surface area contributed by atoms with Crippen LogP contribution in [0.2, 0.25) is 0 Å². The Morgan fingerprint density at radius 1 is 1.10 bits per heavy atom.